The highest BCUT2D eigenvalue weighted by atomic mass is 32.2. The van der Waals surface area contributed by atoms with Crippen molar-refractivity contribution in [3.8, 4) is 0 Å². The fourth-order valence-electron chi connectivity index (χ4n) is 0.841. The first kappa shape index (κ1) is 10.3. The van der Waals surface area contributed by atoms with Gasteiger partial charge in [0.15, 0.2) is 0 Å². The Balaban J connectivity index is 3.61. The molecule has 0 aromatic carbocycles. The second kappa shape index (κ2) is 3.20. The molecule has 1 rings (SSSR count). The number of sulfonamides is 1. The molecule has 0 amide bonds. The van der Waals surface area contributed by atoms with Crippen molar-refractivity contribution in [2.24, 2.45) is 5.14 Å². The van der Waals surface area contributed by atoms with Crippen LogP contribution in [-0.2, 0) is 10.0 Å². The molecular weight excluding hydrogens is 212 g/mol. The lowest BCUT2D eigenvalue weighted by molar-refractivity contribution is -0.387. The molecule has 14 heavy (non-hydrogen) atoms. The second-order valence-electron chi connectivity index (χ2n) is 2.36. The summed E-state index contributed by atoms with van der Waals surface area (Å²) in [5.74, 6) is 0. The molecule has 1 aromatic heterocycles. The lowest BCUT2D eigenvalue weighted by atomic mass is 10.4. The Hall–Kier alpha value is -1.74. The van der Waals surface area contributed by atoms with E-state index in [1.807, 2.05) is 0 Å². The number of anilines is 1. The summed E-state index contributed by atoms with van der Waals surface area (Å²) >= 11 is 0. The van der Waals surface area contributed by atoms with E-state index >= 15 is 0 Å². The highest BCUT2D eigenvalue weighted by molar-refractivity contribution is 7.89. The van der Waals surface area contributed by atoms with Crippen LogP contribution in [-0.4, -0.2) is 18.3 Å². The molecule has 0 saturated heterocycles. The first-order valence-corrected chi connectivity index (χ1v) is 4.80. The third kappa shape index (κ3) is 1.78. The lowest BCUT2D eigenvalue weighted by Crippen LogP contribution is -2.16. The van der Waals surface area contributed by atoms with Gasteiger partial charge in [0, 0.05) is 6.20 Å². The van der Waals surface area contributed by atoms with Crippen molar-refractivity contribution >= 4 is 21.4 Å². The predicted molar refractivity (Wildman–Crippen MR) is 46.7 cm³/mol. The van der Waals surface area contributed by atoms with Gasteiger partial charge in [-0.15, -0.1) is 0 Å². The van der Waals surface area contributed by atoms with Crippen LogP contribution in [0.2, 0.25) is 0 Å². The monoisotopic (exact) mass is 218 g/mol. The van der Waals surface area contributed by atoms with Crippen molar-refractivity contribution in [1.82, 2.24) is 4.98 Å². The maximum absolute atomic E-state index is 10.9. The van der Waals surface area contributed by atoms with Crippen molar-refractivity contribution in [2.45, 2.75) is 5.03 Å². The van der Waals surface area contributed by atoms with Crippen molar-refractivity contribution in [3.05, 3.63) is 22.4 Å². The van der Waals surface area contributed by atoms with Crippen LogP contribution in [0.5, 0.6) is 0 Å². The molecule has 0 aliphatic rings. The van der Waals surface area contributed by atoms with Gasteiger partial charge >= 0.3 is 5.69 Å². The van der Waals surface area contributed by atoms with Crippen molar-refractivity contribution in [1.29, 1.82) is 0 Å². The topological polar surface area (TPSA) is 142 Å². The summed E-state index contributed by atoms with van der Waals surface area (Å²) in [5.41, 5.74) is 4.12. The van der Waals surface area contributed by atoms with Crippen LogP contribution >= 0.6 is 0 Å². The normalized spacial score (nSPS) is 11.2. The van der Waals surface area contributed by atoms with Crippen LogP contribution in [0.3, 0.4) is 0 Å². The Morgan fingerprint density at radius 2 is 2.07 bits per heavy atom. The highest BCUT2D eigenvalue weighted by Gasteiger charge is 2.27. The zero-order chi connectivity index (χ0) is 10.9. The van der Waals surface area contributed by atoms with Gasteiger partial charge in [0.2, 0.25) is 0 Å². The number of primary sulfonamides is 1. The molecule has 1 aromatic rings. The van der Waals surface area contributed by atoms with Gasteiger partial charge in [-0.1, -0.05) is 0 Å². The van der Waals surface area contributed by atoms with E-state index in [1.165, 1.54) is 0 Å². The molecule has 0 spiro atoms. The quantitative estimate of drug-likeness (QED) is 0.492. The molecule has 9 heteroatoms. The van der Waals surface area contributed by atoms with E-state index in [1.54, 1.807) is 0 Å². The average Bonchev–Trinajstić information content (AvgIpc) is 2.01. The van der Waals surface area contributed by atoms with E-state index in [2.05, 4.69) is 4.98 Å². The number of nitrogens with two attached hydrogens (primary N) is 2. The Bertz CT molecular complexity index is 483. The highest BCUT2D eigenvalue weighted by Crippen LogP contribution is 2.26. The number of rotatable bonds is 2. The van der Waals surface area contributed by atoms with E-state index in [-0.39, 0.29) is 5.69 Å². The van der Waals surface area contributed by atoms with E-state index in [0.717, 1.165) is 12.3 Å². The first-order valence-electron chi connectivity index (χ1n) is 3.25. The molecule has 76 valence electrons. The number of nitrogens with zero attached hydrogens (tertiary/aromatic N) is 2. The minimum absolute atomic E-state index is 0.297. The maximum Gasteiger partial charge on any atom is 0.330 e. The minimum atomic E-state index is -4.23. The molecule has 0 atom stereocenters. The van der Waals surface area contributed by atoms with Crippen LogP contribution < -0.4 is 10.9 Å². The predicted octanol–water partition coefficient (Wildman–Crippen LogP) is -0.781. The number of aromatic nitrogens is 1. The van der Waals surface area contributed by atoms with E-state index < -0.39 is 25.7 Å². The van der Waals surface area contributed by atoms with Gasteiger partial charge < -0.3 is 5.73 Å². The summed E-state index contributed by atoms with van der Waals surface area (Å²) in [4.78, 5) is 12.8. The van der Waals surface area contributed by atoms with Crippen LogP contribution in [0, 0.1) is 10.1 Å². The molecule has 0 radical (unpaired) electrons. The molecule has 1 heterocycles. The Morgan fingerprint density at radius 1 is 1.50 bits per heavy atom. The molecule has 4 N–H and O–H groups in total. The summed E-state index contributed by atoms with van der Waals surface area (Å²) in [5, 5.41) is 14.3. The smallest absolute Gasteiger partial charge is 0.330 e. The molecule has 8 nitrogen and oxygen atoms in total. The minimum Gasteiger partial charge on any atom is -0.393 e. The number of hydrogen-bond acceptors (Lipinski definition) is 6. The van der Waals surface area contributed by atoms with Gasteiger partial charge in [0.05, 0.1) is 4.92 Å². The fourth-order valence-corrected chi connectivity index (χ4v) is 1.51. The Labute approximate surface area is 78.7 Å². The van der Waals surface area contributed by atoms with Crippen molar-refractivity contribution in [3.63, 3.8) is 0 Å². The zero-order valence-corrected chi connectivity index (χ0v) is 7.56. The summed E-state index contributed by atoms with van der Waals surface area (Å²) in [6.07, 6.45) is 1.03. The van der Waals surface area contributed by atoms with Crippen molar-refractivity contribution < 1.29 is 13.3 Å². The summed E-state index contributed by atoms with van der Waals surface area (Å²) in [6, 6.07) is 1.12. The average molecular weight is 218 g/mol. The van der Waals surface area contributed by atoms with Crippen LogP contribution in [0.4, 0.5) is 11.4 Å². The van der Waals surface area contributed by atoms with Crippen molar-refractivity contribution in [2.75, 3.05) is 5.73 Å². The van der Waals surface area contributed by atoms with Gasteiger partial charge in [-0.25, -0.2) is 18.5 Å². The lowest BCUT2D eigenvalue weighted by Gasteiger charge is -2.00. The number of pyridine rings is 1. The molecule has 0 aliphatic heterocycles. The third-order valence-electron chi connectivity index (χ3n) is 1.37. The second-order valence-corrected chi connectivity index (χ2v) is 3.83. The zero-order valence-electron chi connectivity index (χ0n) is 6.75. The first-order chi connectivity index (χ1) is 6.34. The SMILES string of the molecule is Nc1ccnc(S(N)(=O)=O)c1[N+](=O)[O-]. The summed E-state index contributed by atoms with van der Waals surface area (Å²) in [6.45, 7) is 0. The van der Waals surface area contributed by atoms with Gasteiger partial charge in [-0.2, -0.15) is 0 Å². The standard InChI is InChI=1S/C5H6N4O4S/c6-3-1-2-8-5(14(7,12)13)4(3)9(10)11/h1-2H,(H2,6,8)(H2,7,12,13). The van der Waals surface area contributed by atoms with E-state index in [9.17, 15) is 18.5 Å². The van der Waals surface area contributed by atoms with Gasteiger partial charge in [0.1, 0.15) is 5.69 Å². The Kier molecular flexibility index (Phi) is 2.36. The molecule has 0 aliphatic carbocycles. The molecule has 0 unspecified atom stereocenters. The fraction of sp³-hybridized carbons (Fsp3) is 0. The largest absolute Gasteiger partial charge is 0.393 e. The molecule has 0 fully saturated rings. The number of hydrogen-bond donors (Lipinski definition) is 2. The van der Waals surface area contributed by atoms with Crippen LogP contribution in [0.25, 0.3) is 0 Å². The molecule has 0 bridgehead atoms. The van der Waals surface area contributed by atoms with Crippen LogP contribution in [0.1, 0.15) is 0 Å². The summed E-state index contributed by atoms with van der Waals surface area (Å²) in [7, 11) is -4.23. The Morgan fingerprint density at radius 3 is 2.43 bits per heavy atom. The summed E-state index contributed by atoms with van der Waals surface area (Å²) < 4.78 is 21.7. The van der Waals surface area contributed by atoms with Gasteiger partial charge in [0.25, 0.3) is 15.0 Å². The van der Waals surface area contributed by atoms with Crippen LogP contribution in [0.15, 0.2) is 17.3 Å². The number of nitro groups is 1. The van der Waals surface area contributed by atoms with Gasteiger partial charge in [-0.3, -0.25) is 10.1 Å². The van der Waals surface area contributed by atoms with E-state index in [0.29, 0.717) is 0 Å². The third-order valence-corrected chi connectivity index (χ3v) is 2.21. The van der Waals surface area contributed by atoms with E-state index in [4.69, 9.17) is 10.9 Å². The number of nitrogen functional groups attached to an aromatic ring is 1. The molecular formula is C5H6N4O4S. The molecule has 0 saturated carbocycles. The maximum atomic E-state index is 10.9. The van der Waals surface area contributed by atoms with Gasteiger partial charge in [-0.05, 0) is 6.07 Å².